The molecule has 0 bridgehead atoms. The van der Waals surface area contributed by atoms with E-state index in [2.05, 4.69) is 5.32 Å². The molecule has 0 atom stereocenters. The topological polar surface area (TPSA) is 66.4 Å². The molecule has 1 amide bonds. The molecule has 20 heavy (non-hydrogen) atoms. The highest BCUT2D eigenvalue weighted by Crippen LogP contribution is 2.22. The molecule has 0 heterocycles. The molecular weight excluding hydrogens is 261 g/mol. The summed E-state index contributed by atoms with van der Waals surface area (Å²) in [5.41, 5.74) is -0.479. The Bertz CT molecular complexity index is 482. The average molecular weight is 281 g/mol. The van der Waals surface area contributed by atoms with E-state index in [0.29, 0.717) is 12.8 Å². The molecule has 0 fully saturated rings. The maximum atomic E-state index is 13.7. The van der Waals surface area contributed by atoms with Gasteiger partial charge in [-0.2, -0.15) is 0 Å². The van der Waals surface area contributed by atoms with Crippen molar-refractivity contribution in [2.75, 3.05) is 5.32 Å². The number of rotatable bonds is 7. The first kappa shape index (κ1) is 16.1. The standard InChI is InChI=1S/C15H20FNO3/c1-3-6-10(7-4-2)14(18)17-13-11(15(19)20)8-5-9-12(13)16/h5,8-10H,3-4,6-7H2,1-2H3,(H,17,18)(H,19,20). The Hall–Kier alpha value is -1.91. The predicted molar refractivity (Wildman–Crippen MR) is 75.3 cm³/mol. The molecule has 0 aromatic heterocycles. The van der Waals surface area contributed by atoms with Crippen molar-refractivity contribution in [2.45, 2.75) is 39.5 Å². The van der Waals surface area contributed by atoms with Crippen LogP contribution in [0.5, 0.6) is 0 Å². The van der Waals surface area contributed by atoms with Gasteiger partial charge in [0.2, 0.25) is 5.91 Å². The van der Waals surface area contributed by atoms with Crippen molar-refractivity contribution in [1.82, 2.24) is 0 Å². The van der Waals surface area contributed by atoms with Gasteiger partial charge in [-0.05, 0) is 25.0 Å². The number of halogens is 1. The average Bonchev–Trinajstić information content (AvgIpc) is 2.40. The summed E-state index contributed by atoms with van der Waals surface area (Å²) in [7, 11) is 0. The van der Waals surface area contributed by atoms with Gasteiger partial charge in [0.05, 0.1) is 11.3 Å². The van der Waals surface area contributed by atoms with Crippen molar-refractivity contribution in [3.8, 4) is 0 Å². The van der Waals surface area contributed by atoms with Crippen LogP contribution >= 0.6 is 0 Å². The second-order valence-electron chi connectivity index (χ2n) is 4.73. The fourth-order valence-corrected chi connectivity index (χ4v) is 2.16. The van der Waals surface area contributed by atoms with Crippen molar-refractivity contribution < 1.29 is 19.1 Å². The van der Waals surface area contributed by atoms with Gasteiger partial charge in [0.15, 0.2) is 0 Å². The number of carbonyl (C=O) groups excluding carboxylic acids is 1. The largest absolute Gasteiger partial charge is 0.478 e. The number of aromatic carboxylic acids is 1. The Balaban J connectivity index is 2.97. The van der Waals surface area contributed by atoms with Gasteiger partial charge in [-0.25, -0.2) is 9.18 Å². The molecule has 0 aliphatic rings. The van der Waals surface area contributed by atoms with Gasteiger partial charge in [0.1, 0.15) is 5.82 Å². The summed E-state index contributed by atoms with van der Waals surface area (Å²) in [5, 5.41) is 11.5. The molecule has 0 spiro atoms. The van der Waals surface area contributed by atoms with Crippen LogP contribution in [0.25, 0.3) is 0 Å². The zero-order valence-corrected chi connectivity index (χ0v) is 11.8. The van der Waals surface area contributed by atoms with Crippen molar-refractivity contribution in [3.63, 3.8) is 0 Å². The minimum atomic E-state index is -1.26. The van der Waals surface area contributed by atoms with E-state index < -0.39 is 11.8 Å². The summed E-state index contributed by atoms with van der Waals surface area (Å²) >= 11 is 0. The maximum Gasteiger partial charge on any atom is 0.337 e. The lowest BCUT2D eigenvalue weighted by Crippen LogP contribution is -2.24. The van der Waals surface area contributed by atoms with E-state index in [1.807, 2.05) is 13.8 Å². The van der Waals surface area contributed by atoms with E-state index in [9.17, 15) is 14.0 Å². The molecule has 110 valence electrons. The number of benzene rings is 1. The quantitative estimate of drug-likeness (QED) is 0.801. The first-order valence-electron chi connectivity index (χ1n) is 6.83. The van der Waals surface area contributed by atoms with E-state index in [4.69, 9.17) is 5.11 Å². The van der Waals surface area contributed by atoms with Crippen LogP contribution < -0.4 is 5.32 Å². The van der Waals surface area contributed by atoms with Gasteiger partial charge in [-0.15, -0.1) is 0 Å². The molecule has 0 saturated heterocycles. The van der Waals surface area contributed by atoms with Crippen LogP contribution in [0.4, 0.5) is 10.1 Å². The second kappa shape index (κ2) is 7.62. The Labute approximate surface area is 118 Å². The number of anilines is 1. The summed E-state index contributed by atoms with van der Waals surface area (Å²) in [5.74, 6) is -2.53. The zero-order chi connectivity index (χ0) is 15.1. The van der Waals surface area contributed by atoms with Gasteiger partial charge in [0.25, 0.3) is 0 Å². The monoisotopic (exact) mass is 281 g/mol. The molecule has 0 unspecified atom stereocenters. The fourth-order valence-electron chi connectivity index (χ4n) is 2.16. The maximum absolute atomic E-state index is 13.7. The summed E-state index contributed by atoms with van der Waals surface area (Å²) in [6.45, 7) is 3.95. The smallest absolute Gasteiger partial charge is 0.337 e. The Morgan fingerprint density at radius 1 is 1.25 bits per heavy atom. The van der Waals surface area contributed by atoms with Crippen LogP contribution in [0.2, 0.25) is 0 Å². The van der Waals surface area contributed by atoms with E-state index in [-0.39, 0.29) is 23.1 Å². The highest BCUT2D eigenvalue weighted by molar-refractivity contribution is 6.01. The number of hydrogen-bond donors (Lipinski definition) is 2. The van der Waals surface area contributed by atoms with Gasteiger partial charge in [-0.1, -0.05) is 32.8 Å². The van der Waals surface area contributed by atoms with E-state index >= 15 is 0 Å². The molecule has 4 nitrogen and oxygen atoms in total. The summed E-state index contributed by atoms with van der Waals surface area (Å²) in [6, 6.07) is 3.72. The molecule has 1 aromatic carbocycles. The summed E-state index contributed by atoms with van der Waals surface area (Å²) < 4.78 is 13.7. The first-order valence-corrected chi connectivity index (χ1v) is 6.83. The lowest BCUT2D eigenvalue weighted by Gasteiger charge is -2.16. The minimum absolute atomic E-state index is 0.216. The van der Waals surface area contributed by atoms with Crippen LogP contribution in [0, 0.1) is 11.7 Å². The van der Waals surface area contributed by atoms with Crippen LogP contribution in [0.1, 0.15) is 49.9 Å². The normalized spacial score (nSPS) is 10.6. The van der Waals surface area contributed by atoms with Crippen LogP contribution in [-0.4, -0.2) is 17.0 Å². The lowest BCUT2D eigenvalue weighted by atomic mass is 9.97. The molecule has 2 N–H and O–H groups in total. The molecular formula is C15H20FNO3. The summed E-state index contributed by atoms with van der Waals surface area (Å²) in [6.07, 6.45) is 3.11. The highest BCUT2D eigenvalue weighted by Gasteiger charge is 2.21. The molecule has 1 rings (SSSR count). The highest BCUT2D eigenvalue weighted by atomic mass is 19.1. The third kappa shape index (κ3) is 4.05. The van der Waals surface area contributed by atoms with Crippen LogP contribution in [0.15, 0.2) is 18.2 Å². The number of carboxylic acids is 1. The van der Waals surface area contributed by atoms with Crippen molar-refractivity contribution in [3.05, 3.63) is 29.6 Å². The number of hydrogen-bond acceptors (Lipinski definition) is 2. The predicted octanol–water partition coefficient (Wildman–Crippen LogP) is 3.68. The second-order valence-corrected chi connectivity index (χ2v) is 4.73. The molecule has 0 aliphatic carbocycles. The van der Waals surface area contributed by atoms with Gasteiger partial charge < -0.3 is 10.4 Å². The number of nitrogens with one attached hydrogen (secondary N) is 1. The Morgan fingerprint density at radius 2 is 1.85 bits per heavy atom. The van der Waals surface area contributed by atoms with E-state index in [1.54, 1.807) is 0 Å². The molecule has 1 aromatic rings. The number of amides is 1. The Morgan fingerprint density at radius 3 is 2.35 bits per heavy atom. The van der Waals surface area contributed by atoms with Crippen molar-refractivity contribution in [2.24, 2.45) is 5.92 Å². The number of para-hydroxylation sites is 1. The van der Waals surface area contributed by atoms with Crippen LogP contribution in [0.3, 0.4) is 0 Å². The molecule has 0 radical (unpaired) electrons. The van der Waals surface area contributed by atoms with Crippen molar-refractivity contribution in [1.29, 1.82) is 0 Å². The van der Waals surface area contributed by atoms with Gasteiger partial charge >= 0.3 is 5.97 Å². The third-order valence-electron chi connectivity index (χ3n) is 3.14. The van der Waals surface area contributed by atoms with Crippen LogP contribution in [-0.2, 0) is 4.79 Å². The molecule has 0 aliphatic heterocycles. The van der Waals surface area contributed by atoms with E-state index in [0.717, 1.165) is 18.9 Å². The fraction of sp³-hybridized carbons (Fsp3) is 0.467. The first-order chi connectivity index (χ1) is 9.51. The lowest BCUT2D eigenvalue weighted by molar-refractivity contribution is -0.120. The minimum Gasteiger partial charge on any atom is -0.478 e. The molecule has 0 saturated carbocycles. The summed E-state index contributed by atoms with van der Waals surface area (Å²) in [4.78, 5) is 23.2. The molecule has 5 heteroatoms. The van der Waals surface area contributed by atoms with Gasteiger partial charge in [-0.3, -0.25) is 4.79 Å². The number of carboxylic acid groups (broad SMARTS) is 1. The van der Waals surface area contributed by atoms with E-state index in [1.165, 1.54) is 12.1 Å². The van der Waals surface area contributed by atoms with Crippen molar-refractivity contribution >= 4 is 17.6 Å². The SMILES string of the molecule is CCCC(CCC)C(=O)Nc1c(F)cccc1C(=O)O. The zero-order valence-electron chi connectivity index (χ0n) is 11.8. The number of carbonyl (C=O) groups is 2. The third-order valence-corrected chi connectivity index (χ3v) is 3.14. The van der Waals surface area contributed by atoms with Gasteiger partial charge in [0, 0.05) is 5.92 Å². The Kier molecular flexibility index (Phi) is 6.15.